The molecule has 1 fully saturated rings. The van der Waals surface area contributed by atoms with Crippen LogP contribution in [0.25, 0.3) is 0 Å². The second-order valence-electron chi connectivity index (χ2n) is 6.56. The van der Waals surface area contributed by atoms with Crippen LogP contribution in [0.3, 0.4) is 0 Å². The molecule has 0 radical (unpaired) electrons. The Kier molecular flexibility index (Phi) is 6.99. The largest absolute Gasteiger partial charge is 0.370 e. The van der Waals surface area contributed by atoms with Crippen LogP contribution < -0.4 is 11.1 Å². The lowest BCUT2D eigenvalue weighted by Gasteiger charge is -2.24. The third-order valence-electron chi connectivity index (χ3n) is 4.74. The summed E-state index contributed by atoms with van der Waals surface area (Å²) in [4.78, 5) is 9.03. The lowest BCUT2D eigenvalue weighted by molar-refractivity contribution is 0.267. The van der Waals surface area contributed by atoms with E-state index in [0.29, 0.717) is 18.5 Å². The van der Waals surface area contributed by atoms with E-state index in [9.17, 15) is 4.39 Å². The topological polar surface area (TPSA) is 56.9 Å². The molecule has 2 atom stereocenters. The zero-order valence-corrected chi connectivity index (χ0v) is 15.0. The van der Waals surface area contributed by atoms with Gasteiger partial charge in [-0.15, -0.1) is 0 Å². The van der Waals surface area contributed by atoms with Gasteiger partial charge in [0.1, 0.15) is 5.82 Å². The highest BCUT2D eigenvalue weighted by Gasteiger charge is 2.22. The number of guanidine groups is 1. The number of benzene rings is 1. The van der Waals surface area contributed by atoms with Crippen LogP contribution in [0.4, 0.5) is 4.39 Å². The number of rotatable bonds is 7. The van der Waals surface area contributed by atoms with Gasteiger partial charge in [-0.25, -0.2) is 4.39 Å². The molecule has 24 heavy (non-hydrogen) atoms. The number of aliphatic imine (C=N–C) groups is 1. The molecular formula is C18H30FN5. The number of nitrogens with one attached hydrogen (secondary N) is 1. The highest BCUT2D eigenvalue weighted by atomic mass is 19.1. The maximum Gasteiger partial charge on any atom is 0.188 e. The maximum atomic E-state index is 13.1. The second-order valence-corrected chi connectivity index (χ2v) is 6.56. The minimum Gasteiger partial charge on any atom is -0.370 e. The SMILES string of the molecule is CCN1CCCC1CNC(N)=NCC(c1ccc(F)cc1)N(C)C. The second kappa shape index (κ2) is 8.99. The summed E-state index contributed by atoms with van der Waals surface area (Å²) < 4.78 is 13.1. The molecule has 0 aromatic heterocycles. The van der Waals surface area contributed by atoms with Crippen molar-refractivity contribution < 1.29 is 4.39 Å². The molecule has 1 heterocycles. The quantitative estimate of drug-likeness (QED) is 0.589. The summed E-state index contributed by atoms with van der Waals surface area (Å²) in [5.41, 5.74) is 7.06. The van der Waals surface area contributed by atoms with E-state index in [4.69, 9.17) is 5.73 Å². The molecule has 6 heteroatoms. The Labute approximate surface area is 144 Å². The number of hydrogen-bond donors (Lipinski definition) is 2. The predicted octanol–water partition coefficient (Wildman–Crippen LogP) is 1.82. The van der Waals surface area contributed by atoms with E-state index >= 15 is 0 Å². The van der Waals surface area contributed by atoms with E-state index in [-0.39, 0.29) is 11.9 Å². The van der Waals surface area contributed by atoms with Crippen molar-refractivity contribution in [3.63, 3.8) is 0 Å². The van der Waals surface area contributed by atoms with Crippen molar-refractivity contribution in [3.8, 4) is 0 Å². The first-order valence-electron chi connectivity index (χ1n) is 8.71. The summed E-state index contributed by atoms with van der Waals surface area (Å²) in [6.07, 6.45) is 2.47. The lowest BCUT2D eigenvalue weighted by Crippen LogP contribution is -2.43. The number of halogens is 1. The Morgan fingerprint density at radius 2 is 2.12 bits per heavy atom. The maximum absolute atomic E-state index is 13.1. The van der Waals surface area contributed by atoms with Crippen molar-refractivity contribution in [1.29, 1.82) is 0 Å². The average molecular weight is 335 g/mol. The van der Waals surface area contributed by atoms with Gasteiger partial charge in [0.25, 0.3) is 0 Å². The van der Waals surface area contributed by atoms with Crippen LogP contribution in [-0.2, 0) is 0 Å². The lowest BCUT2D eigenvalue weighted by atomic mass is 10.1. The van der Waals surface area contributed by atoms with Gasteiger partial charge in [0, 0.05) is 12.6 Å². The van der Waals surface area contributed by atoms with Crippen molar-refractivity contribution in [2.45, 2.75) is 31.8 Å². The van der Waals surface area contributed by atoms with Crippen LogP contribution in [0.15, 0.2) is 29.3 Å². The standard InChI is InChI=1S/C18H30FN5/c1-4-24-11-5-6-16(24)12-21-18(20)22-13-17(23(2)3)14-7-9-15(19)10-8-14/h7-10,16-17H,4-6,11-13H2,1-3H3,(H3,20,21,22). The van der Waals surface area contributed by atoms with E-state index in [1.165, 1.54) is 31.5 Å². The first-order valence-corrected chi connectivity index (χ1v) is 8.71. The normalized spacial score (nSPS) is 20.5. The van der Waals surface area contributed by atoms with Crippen molar-refractivity contribution in [3.05, 3.63) is 35.6 Å². The van der Waals surface area contributed by atoms with Gasteiger partial charge >= 0.3 is 0 Å². The van der Waals surface area contributed by atoms with E-state index < -0.39 is 0 Å². The van der Waals surface area contributed by atoms with Crippen LogP contribution >= 0.6 is 0 Å². The third kappa shape index (κ3) is 5.18. The molecular weight excluding hydrogens is 305 g/mol. The highest BCUT2D eigenvalue weighted by Crippen LogP contribution is 2.19. The molecule has 0 bridgehead atoms. The van der Waals surface area contributed by atoms with E-state index in [1.54, 1.807) is 12.1 Å². The van der Waals surface area contributed by atoms with Crippen LogP contribution in [0, 0.1) is 5.82 Å². The molecule has 0 spiro atoms. The smallest absolute Gasteiger partial charge is 0.188 e. The summed E-state index contributed by atoms with van der Waals surface area (Å²) in [5.74, 6) is 0.255. The molecule has 1 aliphatic heterocycles. The van der Waals surface area contributed by atoms with Gasteiger partial charge in [-0.1, -0.05) is 19.1 Å². The zero-order valence-electron chi connectivity index (χ0n) is 15.0. The molecule has 0 aliphatic carbocycles. The van der Waals surface area contributed by atoms with Gasteiger partial charge in [0.2, 0.25) is 0 Å². The van der Waals surface area contributed by atoms with Crippen molar-refractivity contribution in [2.24, 2.45) is 10.7 Å². The Balaban J connectivity index is 1.89. The summed E-state index contributed by atoms with van der Waals surface area (Å²) >= 11 is 0. The van der Waals surface area contributed by atoms with Gasteiger partial charge < -0.3 is 16.0 Å². The molecule has 0 saturated carbocycles. The van der Waals surface area contributed by atoms with Crippen LogP contribution in [-0.4, -0.2) is 62.1 Å². The molecule has 1 aliphatic rings. The predicted molar refractivity (Wildman–Crippen MR) is 97.6 cm³/mol. The van der Waals surface area contributed by atoms with Gasteiger partial charge in [-0.05, 0) is 57.7 Å². The number of nitrogens with zero attached hydrogens (tertiary/aromatic N) is 3. The van der Waals surface area contributed by atoms with Crippen LogP contribution in [0.1, 0.15) is 31.4 Å². The van der Waals surface area contributed by atoms with Crippen LogP contribution in [0.2, 0.25) is 0 Å². The fourth-order valence-electron chi connectivity index (χ4n) is 3.26. The van der Waals surface area contributed by atoms with Gasteiger partial charge in [-0.2, -0.15) is 0 Å². The van der Waals surface area contributed by atoms with E-state index in [0.717, 1.165) is 18.7 Å². The highest BCUT2D eigenvalue weighted by molar-refractivity contribution is 5.77. The van der Waals surface area contributed by atoms with Crippen molar-refractivity contribution in [2.75, 3.05) is 40.3 Å². The van der Waals surface area contributed by atoms with E-state index in [2.05, 4.69) is 27.0 Å². The molecule has 134 valence electrons. The molecule has 0 amide bonds. The summed E-state index contributed by atoms with van der Waals surface area (Å²) in [6.45, 7) is 5.83. The fraction of sp³-hybridized carbons (Fsp3) is 0.611. The summed E-state index contributed by atoms with van der Waals surface area (Å²) in [5, 5.41) is 3.25. The molecule has 5 nitrogen and oxygen atoms in total. The molecule has 2 unspecified atom stereocenters. The Bertz CT molecular complexity index is 529. The zero-order chi connectivity index (χ0) is 17.5. The van der Waals surface area contributed by atoms with Crippen molar-refractivity contribution >= 4 is 5.96 Å². The summed E-state index contributed by atoms with van der Waals surface area (Å²) in [6, 6.07) is 7.19. The number of likely N-dealkylation sites (N-methyl/N-ethyl adjacent to an activating group) is 2. The molecule has 3 N–H and O–H groups in total. The van der Waals surface area contributed by atoms with Gasteiger partial charge in [-0.3, -0.25) is 9.89 Å². The fourth-order valence-corrected chi connectivity index (χ4v) is 3.26. The third-order valence-corrected chi connectivity index (χ3v) is 4.74. The molecule has 2 rings (SSSR count). The molecule has 1 aromatic rings. The first-order chi connectivity index (χ1) is 11.5. The Morgan fingerprint density at radius 1 is 1.42 bits per heavy atom. The minimum absolute atomic E-state index is 0.0737. The Morgan fingerprint density at radius 3 is 2.75 bits per heavy atom. The Hall–Kier alpha value is -1.66. The number of hydrogen-bond acceptors (Lipinski definition) is 3. The molecule has 1 saturated heterocycles. The van der Waals surface area contributed by atoms with Gasteiger partial charge in [0.15, 0.2) is 5.96 Å². The summed E-state index contributed by atoms with van der Waals surface area (Å²) in [7, 11) is 3.98. The number of nitrogens with two attached hydrogens (primary N) is 1. The van der Waals surface area contributed by atoms with Gasteiger partial charge in [0.05, 0.1) is 12.6 Å². The van der Waals surface area contributed by atoms with Crippen LogP contribution in [0.5, 0.6) is 0 Å². The van der Waals surface area contributed by atoms with Crippen molar-refractivity contribution in [1.82, 2.24) is 15.1 Å². The monoisotopic (exact) mass is 335 g/mol. The number of likely N-dealkylation sites (tertiary alicyclic amines) is 1. The van der Waals surface area contributed by atoms with E-state index in [1.807, 2.05) is 14.1 Å². The minimum atomic E-state index is -0.224. The average Bonchev–Trinajstić information content (AvgIpc) is 3.02. The first kappa shape index (κ1) is 18.7. The molecule has 1 aromatic carbocycles.